The summed E-state index contributed by atoms with van der Waals surface area (Å²) in [6.45, 7) is 3.09. The summed E-state index contributed by atoms with van der Waals surface area (Å²) in [4.78, 5) is 27.2. The maximum atomic E-state index is 13.4. The highest BCUT2D eigenvalue weighted by molar-refractivity contribution is 7.98. The molecule has 184 valence electrons. The molecule has 0 aromatic heterocycles. The van der Waals surface area contributed by atoms with Crippen LogP contribution in [-0.4, -0.2) is 53.4 Å². The number of ketones is 1. The molecule has 1 aliphatic rings. The van der Waals surface area contributed by atoms with Gasteiger partial charge in [0.05, 0.1) is 0 Å². The largest absolute Gasteiger partial charge is 0.481 e. The molecule has 3 rings (SSSR count). The Morgan fingerprint density at radius 2 is 1.79 bits per heavy atom. The Bertz CT molecular complexity index is 968. The zero-order chi connectivity index (χ0) is 24.5. The van der Waals surface area contributed by atoms with Crippen molar-refractivity contribution in [3.05, 3.63) is 59.2 Å². The van der Waals surface area contributed by atoms with Gasteiger partial charge in [-0.25, -0.2) is 0 Å². The van der Waals surface area contributed by atoms with Crippen molar-refractivity contribution in [3.8, 4) is 11.1 Å². The zero-order valence-corrected chi connectivity index (χ0v) is 21.7. The molecule has 0 radical (unpaired) electrons. The summed E-state index contributed by atoms with van der Waals surface area (Å²) in [7, 11) is 2.24. The number of aryl methyl sites for hydroxylation is 1. The second kappa shape index (κ2) is 13.1. The van der Waals surface area contributed by atoms with Gasteiger partial charge in [0.1, 0.15) is 0 Å². The van der Waals surface area contributed by atoms with Crippen molar-refractivity contribution < 1.29 is 14.7 Å². The number of carboxylic acids is 1. The summed E-state index contributed by atoms with van der Waals surface area (Å²) in [6, 6.07) is 15.1. The molecule has 0 amide bonds. The second-order valence-electron chi connectivity index (χ2n) is 9.76. The molecule has 1 unspecified atom stereocenters. The highest BCUT2D eigenvalue weighted by Crippen LogP contribution is 2.31. The second-order valence-corrected chi connectivity index (χ2v) is 10.7. The van der Waals surface area contributed by atoms with E-state index in [0.717, 1.165) is 29.7 Å². The van der Waals surface area contributed by atoms with E-state index in [1.165, 1.54) is 37.7 Å². The standard InChI is InChI=1S/C29H39NO3S/c1-21-9-7-8-12-25(21)27-17-22(15-16-30(2)24-10-5-4-6-11-24)13-14-26(27)28(31)18-23(20-34-3)19-29(32)33/h7-9,12-14,17,23-24H,4-6,10-11,15-16,18-20H2,1-3H3,(H,32,33). The number of carbonyl (C=O) groups excluding carboxylic acids is 1. The first-order valence-corrected chi connectivity index (χ1v) is 13.9. The van der Waals surface area contributed by atoms with Crippen molar-refractivity contribution in [2.45, 2.75) is 64.3 Å². The molecule has 1 atom stereocenters. The van der Waals surface area contributed by atoms with E-state index in [1.807, 2.05) is 24.5 Å². The van der Waals surface area contributed by atoms with Gasteiger partial charge >= 0.3 is 5.97 Å². The van der Waals surface area contributed by atoms with Crippen molar-refractivity contribution in [2.75, 3.05) is 25.6 Å². The number of Topliss-reactive ketones (excluding diaryl/α,β-unsaturated/α-hetero) is 1. The molecule has 2 aromatic rings. The Labute approximate surface area is 209 Å². The Morgan fingerprint density at radius 3 is 2.47 bits per heavy atom. The molecular formula is C29H39NO3S. The quantitative estimate of drug-likeness (QED) is 0.351. The Hall–Kier alpha value is -2.11. The van der Waals surface area contributed by atoms with Gasteiger partial charge in [0.25, 0.3) is 0 Å². The summed E-state index contributed by atoms with van der Waals surface area (Å²) in [5.74, 6) is -0.301. The van der Waals surface area contributed by atoms with E-state index >= 15 is 0 Å². The van der Waals surface area contributed by atoms with E-state index in [2.05, 4.69) is 43.1 Å². The van der Waals surface area contributed by atoms with E-state index in [0.29, 0.717) is 17.4 Å². The number of carbonyl (C=O) groups is 2. The van der Waals surface area contributed by atoms with Gasteiger partial charge in [-0.3, -0.25) is 9.59 Å². The van der Waals surface area contributed by atoms with Crippen LogP contribution in [0.2, 0.25) is 0 Å². The van der Waals surface area contributed by atoms with Crippen LogP contribution >= 0.6 is 11.8 Å². The molecule has 1 fully saturated rings. The lowest BCUT2D eigenvalue weighted by molar-refractivity contribution is -0.137. The SMILES string of the molecule is CSCC(CC(=O)O)CC(=O)c1ccc(CCN(C)C2CCCCC2)cc1-c1ccccc1C. The minimum absolute atomic E-state index is 0.0257. The number of hydrogen-bond donors (Lipinski definition) is 1. The lowest BCUT2D eigenvalue weighted by atomic mass is 9.88. The first-order chi connectivity index (χ1) is 16.4. The fourth-order valence-electron chi connectivity index (χ4n) is 5.14. The number of hydrogen-bond acceptors (Lipinski definition) is 4. The number of carboxylic acid groups (broad SMARTS) is 1. The fraction of sp³-hybridized carbons (Fsp3) is 0.517. The fourth-order valence-corrected chi connectivity index (χ4v) is 5.85. The third-order valence-corrected chi connectivity index (χ3v) is 7.92. The third-order valence-electron chi connectivity index (χ3n) is 7.11. The first kappa shape index (κ1) is 26.5. The van der Waals surface area contributed by atoms with Crippen molar-refractivity contribution >= 4 is 23.5 Å². The van der Waals surface area contributed by atoms with E-state index in [-0.39, 0.29) is 24.5 Å². The van der Waals surface area contributed by atoms with Crippen LogP contribution in [0.5, 0.6) is 0 Å². The number of benzene rings is 2. The molecule has 0 bridgehead atoms. The molecule has 34 heavy (non-hydrogen) atoms. The topological polar surface area (TPSA) is 57.6 Å². The molecule has 4 nitrogen and oxygen atoms in total. The Morgan fingerprint density at radius 1 is 1.06 bits per heavy atom. The molecule has 0 saturated heterocycles. The highest BCUT2D eigenvalue weighted by Gasteiger charge is 2.22. The maximum absolute atomic E-state index is 13.4. The molecular weight excluding hydrogens is 442 g/mol. The number of rotatable bonds is 12. The lowest BCUT2D eigenvalue weighted by Crippen LogP contribution is -2.34. The van der Waals surface area contributed by atoms with Crippen molar-refractivity contribution in [3.63, 3.8) is 0 Å². The normalized spacial score (nSPS) is 15.4. The van der Waals surface area contributed by atoms with Crippen LogP contribution in [0.4, 0.5) is 0 Å². The monoisotopic (exact) mass is 481 g/mol. The summed E-state index contributed by atoms with van der Waals surface area (Å²) >= 11 is 1.60. The van der Waals surface area contributed by atoms with Crippen LogP contribution in [-0.2, 0) is 11.2 Å². The summed E-state index contributed by atoms with van der Waals surface area (Å²) in [6.07, 6.45) is 9.83. The van der Waals surface area contributed by atoms with Crippen molar-refractivity contribution in [2.24, 2.45) is 5.92 Å². The molecule has 1 saturated carbocycles. The summed E-state index contributed by atoms with van der Waals surface area (Å²) in [5, 5.41) is 9.27. The van der Waals surface area contributed by atoms with Crippen molar-refractivity contribution in [1.82, 2.24) is 4.90 Å². The van der Waals surface area contributed by atoms with E-state index < -0.39 is 5.97 Å². The van der Waals surface area contributed by atoms with Crippen LogP contribution < -0.4 is 0 Å². The molecule has 2 aromatic carbocycles. The lowest BCUT2D eigenvalue weighted by Gasteiger charge is -2.31. The number of likely N-dealkylation sites (N-methyl/N-ethyl adjacent to an activating group) is 1. The molecule has 0 spiro atoms. The summed E-state index contributed by atoms with van der Waals surface area (Å²) in [5.41, 5.74) is 5.13. The Kier molecular flexibility index (Phi) is 10.2. The van der Waals surface area contributed by atoms with E-state index in [1.54, 1.807) is 11.8 Å². The minimum atomic E-state index is -0.844. The van der Waals surface area contributed by atoms with Crippen LogP contribution in [0.25, 0.3) is 11.1 Å². The van der Waals surface area contributed by atoms with E-state index in [9.17, 15) is 14.7 Å². The average Bonchev–Trinajstić information content (AvgIpc) is 2.83. The van der Waals surface area contributed by atoms with Gasteiger partial charge in [-0.2, -0.15) is 11.8 Å². The number of thioether (sulfide) groups is 1. The van der Waals surface area contributed by atoms with Crippen molar-refractivity contribution in [1.29, 1.82) is 0 Å². The van der Waals surface area contributed by atoms with Crippen LogP contribution in [0, 0.1) is 12.8 Å². The van der Waals surface area contributed by atoms with Gasteiger partial charge in [0.2, 0.25) is 0 Å². The Balaban J connectivity index is 1.83. The summed E-state index contributed by atoms with van der Waals surface area (Å²) < 4.78 is 0. The zero-order valence-electron chi connectivity index (χ0n) is 20.9. The maximum Gasteiger partial charge on any atom is 0.303 e. The molecule has 1 N–H and O–H groups in total. The van der Waals surface area contributed by atoms with Crippen LogP contribution in [0.1, 0.15) is 66.4 Å². The first-order valence-electron chi connectivity index (χ1n) is 12.5. The molecule has 1 aliphatic carbocycles. The van der Waals surface area contributed by atoms with Gasteiger partial charge in [0.15, 0.2) is 5.78 Å². The average molecular weight is 482 g/mol. The van der Waals surface area contributed by atoms with Gasteiger partial charge in [-0.1, -0.05) is 61.7 Å². The van der Waals surface area contributed by atoms with E-state index in [4.69, 9.17) is 0 Å². The van der Waals surface area contributed by atoms with Gasteiger partial charge in [-0.15, -0.1) is 0 Å². The number of nitrogens with zero attached hydrogens (tertiary/aromatic N) is 1. The minimum Gasteiger partial charge on any atom is -0.481 e. The third kappa shape index (κ3) is 7.44. The van der Waals surface area contributed by atoms with Crippen LogP contribution in [0.3, 0.4) is 0 Å². The number of aliphatic carboxylic acids is 1. The predicted molar refractivity (Wildman–Crippen MR) is 143 cm³/mol. The molecule has 0 heterocycles. The van der Waals surface area contributed by atoms with Gasteiger partial charge in [0, 0.05) is 31.0 Å². The molecule has 0 aliphatic heterocycles. The highest BCUT2D eigenvalue weighted by atomic mass is 32.2. The smallest absolute Gasteiger partial charge is 0.303 e. The van der Waals surface area contributed by atoms with Crippen LogP contribution in [0.15, 0.2) is 42.5 Å². The molecule has 5 heteroatoms. The van der Waals surface area contributed by atoms with Gasteiger partial charge < -0.3 is 10.0 Å². The van der Waals surface area contributed by atoms with Gasteiger partial charge in [-0.05, 0) is 73.4 Å². The predicted octanol–water partition coefficient (Wildman–Crippen LogP) is 6.50.